The van der Waals surface area contributed by atoms with Gasteiger partial charge in [0, 0.05) is 49.7 Å². The first kappa shape index (κ1) is 51.9. The summed E-state index contributed by atoms with van der Waals surface area (Å²) in [5, 5.41) is 47.7. The maximum absolute atomic E-state index is 13.5. The first-order valence-corrected chi connectivity index (χ1v) is 21.8. The van der Waals surface area contributed by atoms with Crippen molar-refractivity contribution in [2.24, 2.45) is 16.2 Å². The number of rotatable bonds is 7. The van der Waals surface area contributed by atoms with Gasteiger partial charge in [0.2, 0.25) is 5.79 Å². The number of ether oxygens (including phenoxy) is 8. The molecule has 4 heterocycles. The molecule has 0 radical (unpaired) electrons. The van der Waals surface area contributed by atoms with Crippen molar-refractivity contribution in [1.82, 2.24) is 0 Å². The number of methoxy groups -OCH3 is 2. The monoisotopic (exact) mass is 894 g/mol. The molecule has 0 aromatic carbocycles. The van der Waals surface area contributed by atoms with E-state index in [2.05, 4.69) is 0 Å². The highest BCUT2D eigenvalue weighted by molar-refractivity contribution is 5.83. The zero-order valence-corrected chi connectivity index (χ0v) is 38.7. The van der Waals surface area contributed by atoms with Gasteiger partial charge in [-0.1, -0.05) is 52.3 Å². The Labute approximate surface area is 370 Å². The summed E-state index contributed by atoms with van der Waals surface area (Å²) >= 11 is 0. The lowest BCUT2D eigenvalue weighted by atomic mass is 9.70. The molecule has 3 saturated heterocycles. The number of carbonyl (C=O) groups is 5. The number of esters is 5. The quantitative estimate of drug-likeness (QED) is 0.121. The first-order chi connectivity index (χ1) is 29.2. The average Bonchev–Trinajstić information content (AvgIpc) is 3.16. The van der Waals surface area contributed by atoms with E-state index in [1.165, 1.54) is 27.2 Å². The summed E-state index contributed by atoms with van der Waals surface area (Å²) in [5.41, 5.74) is -2.89. The predicted octanol–water partition coefficient (Wildman–Crippen LogP) is 4.19. The molecule has 17 heteroatoms. The molecule has 63 heavy (non-hydrogen) atoms. The Balaban J connectivity index is 1.90. The molecule has 4 rings (SSSR count). The van der Waals surface area contributed by atoms with Crippen molar-refractivity contribution in [3.63, 3.8) is 0 Å². The molecule has 11 atom stereocenters. The number of fused-ring (bicyclic) bond motifs is 6. The molecule has 17 nitrogen and oxygen atoms in total. The molecule has 0 aliphatic carbocycles. The van der Waals surface area contributed by atoms with Gasteiger partial charge in [-0.15, -0.1) is 0 Å². The van der Waals surface area contributed by atoms with E-state index in [0.29, 0.717) is 12.0 Å². The Morgan fingerprint density at radius 2 is 1.54 bits per heavy atom. The molecule has 4 aliphatic rings. The standard InChI is InChI=1S/C46H70O17/c1-12-13-36(49)61-40-28(20-38(51)57-11)19-31-23-34(26(2)47)59-39(52)22-29(48)21-32-24-35(60-41(53)42(3,4)5)44(8,9)45(54,62-32)25-33-17-27(18-37(50)56-10)16-30(58-33)14-15-43(6,7)46(40,55)63-31/h14-15,18,20,26,29-35,40,47-48,54-55H,12-13,16-17,19,21-25H2,1-11H3/b15-14+,27-18+,28-20+/t26-,29-,30+,31+,32-,33+,34-,35+,40+,45+,46-/m1/s1. The third kappa shape index (κ3) is 12.8. The Morgan fingerprint density at radius 1 is 0.889 bits per heavy atom. The minimum absolute atomic E-state index is 0.0102. The molecule has 0 saturated carbocycles. The maximum Gasteiger partial charge on any atom is 0.330 e. The lowest BCUT2D eigenvalue weighted by Crippen LogP contribution is -2.62. The van der Waals surface area contributed by atoms with Crippen LogP contribution < -0.4 is 0 Å². The van der Waals surface area contributed by atoms with E-state index in [4.69, 9.17) is 37.9 Å². The third-order valence-electron chi connectivity index (χ3n) is 12.5. The van der Waals surface area contributed by atoms with E-state index in [-0.39, 0.29) is 56.9 Å². The van der Waals surface area contributed by atoms with Crippen LogP contribution in [-0.2, 0) is 61.9 Å². The van der Waals surface area contributed by atoms with Crippen molar-refractivity contribution in [2.75, 3.05) is 14.2 Å². The number of hydrogen-bond donors (Lipinski definition) is 4. The second kappa shape index (κ2) is 20.6. The van der Waals surface area contributed by atoms with E-state index in [0.717, 1.165) is 6.08 Å². The Kier molecular flexibility index (Phi) is 17.0. The fraction of sp³-hybridized carbons (Fsp3) is 0.761. The van der Waals surface area contributed by atoms with Gasteiger partial charge in [-0.2, -0.15) is 0 Å². The molecule has 0 spiro atoms. The van der Waals surface area contributed by atoms with Crippen LogP contribution in [0.15, 0.2) is 35.5 Å². The maximum atomic E-state index is 13.5. The minimum Gasteiger partial charge on any atom is -0.466 e. The third-order valence-corrected chi connectivity index (χ3v) is 12.5. The van der Waals surface area contributed by atoms with Crippen LogP contribution in [0.1, 0.15) is 127 Å². The number of aliphatic hydroxyl groups is 4. The van der Waals surface area contributed by atoms with E-state index in [9.17, 15) is 44.4 Å². The fourth-order valence-electron chi connectivity index (χ4n) is 8.44. The topological polar surface area (TPSA) is 240 Å². The van der Waals surface area contributed by atoms with Crippen LogP contribution in [0.2, 0.25) is 0 Å². The molecule has 0 amide bonds. The highest BCUT2D eigenvalue weighted by Gasteiger charge is 2.60. The van der Waals surface area contributed by atoms with Gasteiger partial charge in [-0.25, -0.2) is 9.59 Å². The number of aliphatic hydroxyl groups excluding tert-OH is 2. The zero-order chi connectivity index (χ0) is 47.3. The number of carbonyl (C=O) groups excluding carboxylic acids is 5. The van der Waals surface area contributed by atoms with Gasteiger partial charge >= 0.3 is 29.8 Å². The van der Waals surface area contributed by atoms with Crippen LogP contribution in [0.4, 0.5) is 0 Å². The Bertz CT molecular complexity index is 1760. The Morgan fingerprint density at radius 3 is 2.14 bits per heavy atom. The van der Waals surface area contributed by atoms with Crippen LogP contribution >= 0.6 is 0 Å². The molecule has 6 bridgehead atoms. The van der Waals surface area contributed by atoms with E-state index >= 15 is 0 Å². The van der Waals surface area contributed by atoms with E-state index < -0.39 is 119 Å². The van der Waals surface area contributed by atoms with Crippen molar-refractivity contribution < 1.29 is 82.3 Å². The van der Waals surface area contributed by atoms with Crippen molar-refractivity contribution in [2.45, 2.75) is 193 Å². The molecular weight excluding hydrogens is 824 g/mol. The van der Waals surface area contributed by atoms with Gasteiger partial charge in [0.05, 0.1) is 68.1 Å². The zero-order valence-electron chi connectivity index (χ0n) is 38.7. The van der Waals surface area contributed by atoms with Crippen LogP contribution in [-0.4, -0.2) is 131 Å². The second-order valence-electron chi connectivity index (χ2n) is 19.5. The van der Waals surface area contributed by atoms with Gasteiger partial charge < -0.3 is 58.3 Å². The van der Waals surface area contributed by atoms with Gasteiger partial charge in [0.15, 0.2) is 11.9 Å². The molecule has 0 aromatic rings. The van der Waals surface area contributed by atoms with E-state index in [1.54, 1.807) is 67.5 Å². The highest BCUT2D eigenvalue weighted by Crippen LogP contribution is 2.50. The van der Waals surface area contributed by atoms with Crippen molar-refractivity contribution >= 4 is 29.8 Å². The summed E-state index contributed by atoms with van der Waals surface area (Å²) in [5.74, 6) is -7.97. The van der Waals surface area contributed by atoms with Gasteiger partial charge in [-0.05, 0) is 59.0 Å². The SMILES string of the molecule is CCCC(=O)O[C@H]1/C(=C/C(=O)OC)C[C@H]2C[C@H]([C@@H](C)O)OC(=O)C[C@H](O)C[C@@H]3C[C@H](OC(=O)C(C)(C)C)C(C)(C)[C@](O)(C[C@@H]4C/C(=C/C(=O)OC)C[C@H](/C=C/C(C)(C)[C@]1(O)O2)O4)O3. The van der Waals surface area contributed by atoms with Gasteiger partial charge in [0.25, 0.3) is 0 Å². The number of hydrogen-bond acceptors (Lipinski definition) is 17. The molecule has 4 aliphatic heterocycles. The summed E-state index contributed by atoms with van der Waals surface area (Å²) in [6.45, 7) is 14.9. The smallest absolute Gasteiger partial charge is 0.330 e. The summed E-state index contributed by atoms with van der Waals surface area (Å²) in [7, 11) is 2.42. The lowest BCUT2D eigenvalue weighted by molar-refractivity contribution is -0.349. The van der Waals surface area contributed by atoms with E-state index in [1.807, 2.05) is 0 Å². The van der Waals surface area contributed by atoms with Gasteiger partial charge in [-0.3, -0.25) is 14.4 Å². The van der Waals surface area contributed by atoms with Crippen LogP contribution in [0.3, 0.4) is 0 Å². The minimum atomic E-state index is -2.41. The summed E-state index contributed by atoms with van der Waals surface area (Å²) < 4.78 is 47.1. The molecule has 0 aromatic heterocycles. The summed E-state index contributed by atoms with van der Waals surface area (Å²) in [4.78, 5) is 65.4. The predicted molar refractivity (Wildman–Crippen MR) is 224 cm³/mol. The van der Waals surface area contributed by atoms with Crippen LogP contribution in [0.5, 0.6) is 0 Å². The fourth-order valence-corrected chi connectivity index (χ4v) is 8.44. The van der Waals surface area contributed by atoms with Crippen molar-refractivity contribution in [1.29, 1.82) is 0 Å². The first-order valence-electron chi connectivity index (χ1n) is 21.8. The highest BCUT2D eigenvalue weighted by atomic mass is 16.7. The molecule has 4 N–H and O–H groups in total. The second-order valence-corrected chi connectivity index (χ2v) is 19.5. The molecule has 3 fully saturated rings. The summed E-state index contributed by atoms with van der Waals surface area (Å²) in [6.07, 6.45) is -4.69. The molecule has 356 valence electrons. The van der Waals surface area contributed by atoms with Crippen molar-refractivity contribution in [3.8, 4) is 0 Å². The lowest BCUT2D eigenvalue weighted by Gasteiger charge is -2.54. The molecular formula is C46H70O17. The Hall–Kier alpha value is -3.71. The van der Waals surface area contributed by atoms with Crippen LogP contribution in [0.25, 0.3) is 0 Å². The number of cyclic esters (lactones) is 1. The van der Waals surface area contributed by atoms with Gasteiger partial charge in [0.1, 0.15) is 12.2 Å². The average molecular weight is 895 g/mol. The normalized spacial score (nSPS) is 36.2. The largest absolute Gasteiger partial charge is 0.466 e. The molecule has 0 unspecified atom stereocenters. The van der Waals surface area contributed by atoms with Crippen molar-refractivity contribution in [3.05, 3.63) is 35.5 Å². The van der Waals surface area contributed by atoms with Crippen LogP contribution in [0, 0.1) is 16.2 Å². The summed E-state index contributed by atoms with van der Waals surface area (Å²) in [6, 6.07) is 0.